The Bertz CT molecular complexity index is 601. The molecule has 0 spiro atoms. The number of hydrogen-bond donors (Lipinski definition) is 1. The first-order valence-corrected chi connectivity index (χ1v) is 8.89. The van der Waals surface area contributed by atoms with Crippen LogP contribution >= 0.6 is 11.3 Å². The van der Waals surface area contributed by atoms with Crippen LogP contribution in [0.15, 0.2) is 47.2 Å². The molecule has 0 radical (unpaired) electrons. The number of rotatable bonds is 6. The van der Waals surface area contributed by atoms with Crippen LogP contribution in [0, 0.1) is 0 Å². The van der Waals surface area contributed by atoms with Gasteiger partial charge >= 0.3 is 0 Å². The molecule has 1 aliphatic rings. The lowest BCUT2D eigenvalue weighted by molar-refractivity contribution is -0.126. The average Bonchev–Trinajstić information content (AvgIpc) is 3.08. The molecule has 0 saturated carbocycles. The molecule has 0 bridgehead atoms. The van der Waals surface area contributed by atoms with Gasteiger partial charge in [0.05, 0.1) is 19.1 Å². The molecule has 2 aromatic rings. The number of morpholine rings is 1. The van der Waals surface area contributed by atoms with Gasteiger partial charge in [-0.05, 0) is 28.0 Å². The SMILES string of the molecule is O=C(C[C@H]1CN(Cc2ccccc2)CCO1)NCc1ccsc1. The molecular weight excluding hydrogens is 308 g/mol. The van der Waals surface area contributed by atoms with Crippen LogP contribution in [0.1, 0.15) is 17.5 Å². The van der Waals surface area contributed by atoms with Crippen molar-refractivity contribution < 1.29 is 9.53 Å². The molecular formula is C18H22N2O2S. The predicted molar refractivity (Wildman–Crippen MR) is 92.2 cm³/mol. The van der Waals surface area contributed by atoms with Gasteiger partial charge in [-0.15, -0.1) is 0 Å². The van der Waals surface area contributed by atoms with E-state index in [1.54, 1.807) is 11.3 Å². The van der Waals surface area contributed by atoms with Crippen LogP contribution in [0.2, 0.25) is 0 Å². The minimum atomic E-state index is -0.0186. The van der Waals surface area contributed by atoms with Crippen molar-refractivity contribution in [2.45, 2.75) is 25.6 Å². The molecule has 23 heavy (non-hydrogen) atoms. The van der Waals surface area contributed by atoms with Crippen molar-refractivity contribution in [3.63, 3.8) is 0 Å². The second-order valence-corrected chi connectivity index (χ2v) is 6.61. The van der Waals surface area contributed by atoms with Gasteiger partial charge in [0.1, 0.15) is 0 Å². The Morgan fingerprint density at radius 3 is 2.91 bits per heavy atom. The second kappa shape index (κ2) is 8.24. The van der Waals surface area contributed by atoms with Gasteiger partial charge in [-0.1, -0.05) is 30.3 Å². The minimum absolute atomic E-state index is 0.0186. The molecule has 1 saturated heterocycles. The number of nitrogens with one attached hydrogen (secondary N) is 1. The van der Waals surface area contributed by atoms with Crippen LogP contribution in [0.4, 0.5) is 0 Å². The zero-order valence-corrected chi connectivity index (χ0v) is 13.9. The minimum Gasteiger partial charge on any atom is -0.375 e. The Morgan fingerprint density at radius 1 is 1.26 bits per heavy atom. The van der Waals surface area contributed by atoms with Crippen LogP contribution in [0.25, 0.3) is 0 Å². The summed E-state index contributed by atoms with van der Waals surface area (Å²) in [5, 5.41) is 7.04. The zero-order valence-electron chi connectivity index (χ0n) is 13.1. The van der Waals surface area contributed by atoms with Gasteiger partial charge in [0.2, 0.25) is 5.91 Å². The van der Waals surface area contributed by atoms with Crippen molar-refractivity contribution in [2.24, 2.45) is 0 Å². The largest absolute Gasteiger partial charge is 0.375 e. The molecule has 0 unspecified atom stereocenters. The summed E-state index contributed by atoms with van der Waals surface area (Å²) in [6.07, 6.45) is 0.407. The summed E-state index contributed by atoms with van der Waals surface area (Å²) in [6, 6.07) is 12.5. The quantitative estimate of drug-likeness (QED) is 0.885. The van der Waals surface area contributed by atoms with E-state index < -0.39 is 0 Å². The van der Waals surface area contributed by atoms with Crippen LogP contribution in [0.5, 0.6) is 0 Å². The van der Waals surface area contributed by atoms with Gasteiger partial charge in [0.15, 0.2) is 0 Å². The highest BCUT2D eigenvalue weighted by Crippen LogP contribution is 2.13. The smallest absolute Gasteiger partial charge is 0.222 e. The lowest BCUT2D eigenvalue weighted by atomic mass is 10.1. The lowest BCUT2D eigenvalue weighted by Crippen LogP contribution is -2.44. The highest BCUT2D eigenvalue weighted by Gasteiger charge is 2.22. The molecule has 1 amide bonds. The monoisotopic (exact) mass is 330 g/mol. The van der Waals surface area contributed by atoms with E-state index in [9.17, 15) is 4.79 Å². The number of benzene rings is 1. The van der Waals surface area contributed by atoms with E-state index in [1.165, 1.54) is 5.56 Å². The Labute approximate surface area is 141 Å². The number of carbonyl (C=O) groups is 1. The van der Waals surface area contributed by atoms with Gasteiger partial charge in [-0.2, -0.15) is 11.3 Å². The van der Waals surface area contributed by atoms with E-state index in [4.69, 9.17) is 4.74 Å². The third kappa shape index (κ3) is 5.16. The van der Waals surface area contributed by atoms with E-state index >= 15 is 0 Å². The summed E-state index contributed by atoms with van der Waals surface area (Å²) in [5.41, 5.74) is 2.45. The second-order valence-electron chi connectivity index (χ2n) is 5.83. The van der Waals surface area contributed by atoms with Gasteiger partial charge in [-0.25, -0.2) is 0 Å². The Balaban J connectivity index is 1.43. The first kappa shape index (κ1) is 16.2. The van der Waals surface area contributed by atoms with Gasteiger partial charge in [0.25, 0.3) is 0 Å². The predicted octanol–water partition coefficient (Wildman–Crippen LogP) is 2.66. The first-order valence-electron chi connectivity index (χ1n) is 7.95. The summed E-state index contributed by atoms with van der Waals surface area (Å²) in [6.45, 7) is 3.93. The van der Waals surface area contributed by atoms with E-state index in [-0.39, 0.29) is 12.0 Å². The van der Waals surface area contributed by atoms with Crippen molar-refractivity contribution in [1.29, 1.82) is 0 Å². The lowest BCUT2D eigenvalue weighted by Gasteiger charge is -2.32. The number of ether oxygens (including phenoxy) is 1. The van der Waals surface area contributed by atoms with E-state index in [2.05, 4.69) is 39.9 Å². The summed E-state index contributed by atoms with van der Waals surface area (Å²) in [4.78, 5) is 14.4. The van der Waals surface area contributed by atoms with E-state index in [0.29, 0.717) is 19.6 Å². The summed E-state index contributed by atoms with van der Waals surface area (Å²) in [7, 11) is 0. The van der Waals surface area contributed by atoms with Crippen molar-refractivity contribution in [3.8, 4) is 0 Å². The molecule has 4 nitrogen and oxygen atoms in total. The Morgan fingerprint density at radius 2 is 2.13 bits per heavy atom. The molecule has 5 heteroatoms. The third-order valence-corrected chi connectivity index (χ3v) is 4.69. The number of nitrogens with zero attached hydrogens (tertiary/aromatic N) is 1. The maximum absolute atomic E-state index is 12.1. The molecule has 1 aromatic heterocycles. The van der Waals surface area contributed by atoms with Crippen molar-refractivity contribution >= 4 is 17.2 Å². The summed E-state index contributed by atoms with van der Waals surface area (Å²) >= 11 is 1.65. The molecule has 0 aliphatic carbocycles. The Hall–Kier alpha value is -1.69. The molecule has 2 heterocycles. The van der Waals surface area contributed by atoms with Crippen LogP contribution < -0.4 is 5.32 Å². The molecule has 1 fully saturated rings. The van der Waals surface area contributed by atoms with Crippen molar-refractivity contribution in [2.75, 3.05) is 19.7 Å². The standard InChI is InChI=1S/C18H22N2O2S/c21-18(19-11-16-6-9-23-14-16)10-17-13-20(7-8-22-17)12-15-4-2-1-3-5-15/h1-6,9,14,17H,7-8,10-13H2,(H,19,21)/t17-/m0/s1. The van der Waals surface area contributed by atoms with Gasteiger partial charge in [0, 0.05) is 26.2 Å². The average molecular weight is 330 g/mol. The molecule has 1 aromatic carbocycles. The summed E-state index contributed by atoms with van der Waals surface area (Å²) < 4.78 is 5.75. The maximum Gasteiger partial charge on any atom is 0.222 e. The number of amides is 1. The maximum atomic E-state index is 12.1. The number of carbonyl (C=O) groups excluding carboxylic acids is 1. The molecule has 122 valence electrons. The first-order chi connectivity index (χ1) is 11.3. The highest BCUT2D eigenvalue weighted by molar-refractivity contribution is 7.07. The van der Waals surface area contributed by atoms with Gasteiger partial charge < -0.3 is 10.1 Å². The number of hydrogen-bond acceptors (Lipinski definition) is 4. The van der Waals surface area contributed by atoms with Gasteiger partial charge in [-0.3, -0.25) is 9.69 Å². The summed E-state index contributed by atoms with van der Waals surface area (Å²) in [5.74, 6) is 0.0581. The van der Waals surface area contributed by atoms with Crippen molar-refractivity contribution in [1.82, 2.24) is 10.2 Å². The zero-order chi connectivity index (χ0) is 15.9. The molecule has 1 atom stereocenters. The molecule has 1 aliphatic heterocycles. The van der Waals surface area contributed by atoms with Crippen LogP contribution in [-0.2, 0) is 22.6 Å². The molecule has 1 N–H and O–H groups in total. The topological polar surface area (TPSA) is 41.6 Å². The fraction of sp³-hybridized carbons (Fsp3) is 0.389. The van der Waals surface area contributed by atoms with E-state index in [1.807, 2.05) is 17.5 Å². The fourth-order valence-corrected chi connectivity index (χ4v) is 3.43. The fourth-order valence-electron chi connectivity index (χ4n) is 2.76. The highest BCUT2D eigenvalue weighted by atomic mass is 32.1. The van der Waals surface area contributed by atoms with E-state index in [0.717, 1.165) is 25.2 Å². The Kier molecular flexibility index (Phi) is 5.80. The third-order valence-electron chi connectivity index (χ3n) is 3.95. The normalized spacial score (nSPS) is 18.7. The molecule has 3 rings (SSSR count). The van der Waals surface area contributed by atoms with Crippen molar-refractivity contribution in [3.05, 3.63) is 58.3 Å². The number of thiophene rings is 1. The van der Waals surface area contributed by atoms with Crippen LogP contribution in [0.3, 0.4) is 0 Å². The van der Waals surface area contributed by atoms with Crippen LogP contribution in [-0.4, -0.2) is 36.6 Å².